The number of benzene rings is 1. The molecule has 0 N–H and O–H groups in total. The first kappa shape index (κ1) is 11.5. The fraction of sp³-hybridized carbons (Fsp3) is 0.400. The number of hydrogen-bond acceptors (Lipinski definition) is 2. The molecule has 0 saturated carbocycles. The van der Waals surface area contributed by atoms with Gasteiger partial charge in [0.2, 0.25) is 0 Å². The lowest BCUT2D eigenvalue weighted by Gasteiger charge is -2.06. The first-order valence-electron chi connectivity index (χ1n) is 4.55. The highest BCUT2D eigenvalue weighted by Crippen LogP contribution is 2.20. The van der Waals surface area contributed by atoms with Gasteiger partial charge in [-0.3, -0.25) is 0 Å². The molecule has 0 bridgehead atoms. The third-order valence-electron chi connectivity index (χ3n) is 2.22. The lowest BCUT2D eigenvalue weighted by Crippen LogP contribution is -1.96. The van der Waals surface area contributed by atoms with E-state index in [9.17, 15) is 8.42 Å². The van der Waals surface area contributed by atoms with Gasteiger partial charge < -0.3 is 0 Å². The highest BCUT2D eigenvalue weighted by molar-refractivity contribution is 8.13. The molecule has 0 heterocycles. The smallest absolute Gasteiger partial charge is 0.207 e. The normalized spacial score (nSPS) is 11.6. The van der Waals surface area contributed by atoms with Gasteiger partial charge in [0, 0.05) is 10.7 Å². The summed E-state index contributed by atoms with van der Waals surface area (Å²) in [6.07, 6.45) is 1.73. The van der Waals surface area contributed by atoms with E-state index in [1.54, 1.807) is 12.1 Å². The van der Waals surface area contributed by atoms with E-state index in [-0.39, 0.29) is 4.90 Å². The van der Waals surface area contributed by atoms with Gasteiger partial charge in [0.05, 0.1) is 4.90 Å². The number of aryl methyl sites for hydroxylation is 2. The van der Waals surface area contributed by atoms with Crippen molar-refractivity contribution in [2.45, 2.75) is 31.6 Å². The van der Waals surface area contributed by atoms with Crippen molar-refractivity contribution in [3.8, 4) is 0 Å². The van der Waals surface area contributed by atoms with Gasteiger partial charge in [-0.25, -0.2) is 8.42 Å². The molecular weight excluding hydrogens is 220 g/mol. The molecular formula is C10H13ClO2S. The summed E-state index contributed by atoms with van der Waals surface area (Å²) >= 11 is 0. The van der Waals surface area contributed by atoms with Crippen molar-refractivity contribution < 1.29 is 8.42 Å². The summed E-state index contributed by atoms with van der Waals surface area (Å²) in [7, 11) is 1.67. The Morgan fingerprint density at radius 2 is 1.71 bits per heavy atom. The zero-order chi connectivity index (χ0) is 10.8. The van der Waals surface area contributed by atoms with Crippen molar-refractivity contribution >= 4 is 19.7 Å². The molecule has 14 heavy (non-hydrogen) atoms. The summed E-state index contributed by atoms with van der Waals surface area (Å²) in [6.45, 7) is 4.04. The van der Waals surface area contributed by atoms with E-state index in [4.69, 9.17) is 10.7 Å². The Morgan fingerprint density at radius 3 is 2.14 bits per heavy atom. The van der Waals surface area contributed by atoms with Crippen LogP contribution in [0.2, 0.25) is 0 Å². The Balaban J connectivity index is 3.28. The summed E-state index contributed by atoms with van der Waals surface area (Å²) < 4.78 is 22.1. The summed E-state index contributed by atoms with van der Waals surface area (Å²) in [5, 5.41) is 0. The van der Waals surface area contributed by atoms with E-state index < -0.39 is 9.05 Å². The molecule has 2 nitrogen and oxygen atoms in total. The predicted molar refractivity (Wildman–Crippen MR) is 58.2 cm³/mol. The van der Waals surface area contributed by atoms with E-state index in [0.29, 0.717) is 0 Å². The van der Waals surface area contributed by atoms with Crippen molar-refractivity contribution in [3.05, 3.63) is 29.3 Å². The molecule has 1 aromatic rings. The van der Waals surface area contributed by atoms with Gasteiger partial charge in [0.15, 0.2) is 0 Å². The number of rotatable bonds is 3. The molecule has 78 valence electrons. The molecule has 4 heteroatoms. The van der Waals surface area contributed by atoms with Crippen LogP contribution in [0, 0.1) is 0 Å². The maximum Gasteiger partial charge on any atom is 0.261 e. The van der Waals surface area contributed by atoms with Crippen LogP contribution in [0.5, 0.6) is 0 Å². The third kappa shape index (κ3) is 2.49. The fourth-order valence-corrected chi connectivity index (χ4v) is 2.23. The average molecular weight is 233 g/mol. The Labute approximate surface area is 89.3 Å². The van der Waals surface area contributed by atoms with Crippen LogP contribution in [0.25, 0.3) is 0 Å². The summed E-state index contributed by atoms with van der Waals surface area (Å²) in [4.78, 5) is 0.188. The van der Waals surface area contributed by atoms with Gasteiger partial charge in [0.25, 0.3) is 9.05 Å². The first-order valence-corrected chi connectivity index (χ1v) is 6.86. The highest BCUT2D eigenvalue weighted by atomic mass is 35.7. The van der Waals surface area contributed by atoms with Crippen LogP contribution in [0.15, 0.2) is 23.1 Å². The topological polar surface area (TPSA) is 34.1 Å². The van der Waals surface area contributed by atoms with Crippen LogP contribution in [0.3, 0.4) is 0 Å². The maximum atomic E-state index is 11.1. The van der Waals surface area contributed by atoms with E-state index in [0.717, 1.165) is 18.4 Å². The minimum atomic E-state index is -3.59. The molecule has 0 spiro atoms. The number of halogens is 1. The van der Waals surface area contributed by atoms with Gasteiger partial charge in [-0.15, -0.1) is 0 Å². The highest BCUT2D eigenvalue weighted by Gasteiger charge is 2.11. The molecule has 0 radical (unpaired) electrons. The summed E-state index contributed by atoms with van der Waals surface area (Å²) in [5.41, 5.74) is 2.23. The van der Waals surface area contributed by atoms with Crippen LogP contribution in [0.1, 0.15) is 25.0 Å². The molecule has 0 aliphatic carbocycles. The van der Waals surface area contributed by atoms with Crippen molar-refractivity contribution in [1.29, 1.82) is 0 Å². The molecule has 0 atom stereocenters. The third-order valence-corrected chi connectivity index (χ3v) is 3.57. The lowest BCUT2D eigenvalue weighted by atomic mass is 10.0. The molecule has 0 fully saturated rings. The molecule has 0 saturated heterocycles. The monoisotopic (exact) mass is 232 g/mol. The second kappa shape index (κ2) is 4.32. The van der Waals surface area contributed by atoms with Gasteiger partial charge in [-0.1, -0.05) is 19.9 Å². The molecule has 0 aliphatic heterocycles. The first-order chi connectivity index (χ1) is 6.49. The van der Waals surface area contributed by atoms with Crippen LogP contribution in [-0.2, 0) is 21.9 Å². The minimum Gasteiger partial charge on any atom is -0.207 e. The van der Waals surface area contributed by atoms with Gasteiger partial charge >= 0.3 is 0 Å². The van der Waals surface area contributed by atoms with E-state index >= 15 is 0 Å². The lowest BCUT2D eigenvalue weighted by molar-refractivity contribution is 0.609. The zero-order valence-corrected chi connectivity index (χ0v) is 9.82. The van der Waals surface area contributed by atoms with Crippen LogP contribution < -0.4 is 0 Å². The minimum absolute atomic E-state index is 0.188. The average Bonchev–Trinajstić information content (AvgIpc) is 2.15. The Hall–Kier alpha value is -0.540. The molecule has 1 rings (SSSR count). The van der Waals surface area contributed by atoms with Crippen LogP contribution in [-0.4, -0.2) is 8.42 Å². The van der Waals surface area contributed by atoms with E-state index in [2.05, 4.69) is 0 Å². The largest absolute Gasteiger partial charge is 0.261 e. The molecule has 0 amide bonds. The molecule has 1 aromatic carbocycles. The van der Waals surface area contributed by atoms with Crippen LogP contribution in [0.4, 0.5) is 0 Å². The molecule has 0 unspecified atom stereocenters. The van der Waals surface area contributed by atoms with Crippen LogP contribution >= 0.6 is 10.7 Å². The van der Waals surface area contributed by atoms with Crippen molar-refractivity contribution in [3.63, 3.8) is 0 Å². The van der Waals surface area contributed by atoms with E-state index in [1.807, 2.05) is 19.9 Å². The van der Waals surface area contributed by atoms with E-state index in [1.165, 1.54) is 5.56 Å². The Bertz CT molecular complexity index is 424. The van der Waals surface area contributed by atoms with Crippen molar-refractivity contribution in [2.24, 2.45) is 0 Å². The van der Waals surface area contributed by atoms with Gasteiger partial charge in [0.1, 0.15) is 0 Å². The Morgan fingerprint density at radius 1 is 1.14 bits per heavy atom. The molecule has 0 aromatic heterocycles. The van der Waals surface area contributed by atoms with Gasteiger partial charge in [-0.2, -0.15) is 0 Å². The number of hydrogen-bond donors (Lipinski definition) is 0. The second-order valence-electron chi connectivity index (χ2n) is 3.08. The maximum absolute atomic E-state index is 11.1. The summed E-state index contributed by atoms with van der Waals surface area (Å²) in [6, 6.07) is 5.04. The Kier molecular flexibility index (Phi) is 3.56. The molecule has 0 aliphatic rings. The fourth-order valence-electron chi connectivity index (χ4n) is 1.43. The second-order valence-corrected chi connectivity index (χ2v) is 5.64. The standard InChI is InChI=1S/C10H13ClO2S/c1-3-8-5-6-10(14(11,12)13)7-9(8)4-2/h5-7H,3-4H2,1-2H3. The quantitative estimate of drug-likeness (QED) is 0.751. The predicted octanol–water partition coefficient (Wildman–Crippen LogP) is 2.74. The summed E-state index contributed by atoms with van der Waals surface area (Å²) in [5.74, 6) is 0. The van der Waals surface area contributed by atoms with Crippen molar-refractivity contribution in [2.75, 3.05) is 0 Å². The van der Waals surface area contributed by atoms with Crippen molar-refractivity contribution in [1.82, 2.24) is 0 Å². The SMILES string of the molecule is CCc1ccc(S(=O)(=O)Cl)cc1CC. The van der Waals surface area contributed by atoms with Gasteiger partial charge in [-0.05, 0) is 36.1 Å². The zero-order valence-electron chi connectivity index (χ0n) is 8.25.